The summed E-state index contributed by atoms with van der Waals surface area (Å²) < 4.78 is 0. The first-order valence-electron chi connectivity index (χ1n) is 6.18. The van der Waals surface area contributed by atoms with E-state index in [1.165, 1.54) is 0 Å². The first-order chi connectivity index (χ1) is 7.74. The molecule has 0 fully saturated rings. The Labute approximate surface area is 106 Å². The molecule has 0 aliphatic heterocycles. The first-order valence-corrected chi connectivity index (χ1v) is 6.18. The summed E-state index contributed by atoms with van der Waals surface area (Å²) in [4.78, 5) is 4.27. The fourth-order valence-corrected chi connectivity index (χ4v) is 1.16. The van der Waals surface area contributed by atoms with Crippen LogP contribution in [0.15, 0.2) is 29.3 Å². The molecule has 0 saturated carbocycles. The molecule has 98 valence electrons. The zero-order chi connectivity index (χ0) is 13.5. The Morgan fingerprint density at radius 3 is 2.47 bits per heavy atom. The minimum Gasteiger partial charge on any atom is -0.368 e. The second kappa shape index (κ2) is 7.15. The van der Waals surface area contributed by atoms with Crippen LogP contribution in [0.2, 0.25) is 0 Å². The minimum atomic E-state index is 0.0182. The predicted molar refractivity (Wildman–Crippen MR) is 76.9 cm³/mol. The van der Waals surface area contributed by atoms with Gasteiger partial charge in [-0.25, -0.2) is 0 Å². The zero-order valence-electron chi connectivity index (χ0n) is 12.1. The van der Waals surface area contributed by atoms with Crippen LogP contribution in [0.1, 0.15) is 48.0 Å². The number of aliphatic imine (C=N–C) groups is 1. The van der Waals surface area contributed by atoms with Crippen LogP contribution < -0.4 is 10.6 Å². The van der Waals surface area contributed by atoms with Crippen LogP contribution in [0.3, 0.4) is 0 Å². The van der Waals surface area contributed by atoms with Gasteiger partial charge in [-0.1, -0.05) is 20.4 Å². The standard InChI is InChI=1S/C14H27N3/c1-8-11(2)9-15-10-12(3)16-13(4)17-14(5,6)7/h9-11,16-17H,4,8H2,1-3,5-7H3/b12-10+,15-9?. The maximum Gasteiger partial charge on any atom is 0.0959 e. The van der Waals surface area contributed by atoms with E-state index in [1.54, 1.807) is 0 Å². The number of nitrogens with zero attached hydrogens (tertiary/aromatic N) is 1. The van der Waals surface area contributed by atoms with Crippen molar-refractivity contribution in [3.8, 4) is 0 Å². The molecular formula is C14H27N3. The van der Waals surface area contributed by atoms with Gasteiger partial charge < -0.3 is 10.6 Å². The van der Waals surface area contributed by atoms with E-state index in [2.05, 4.69) is 56.8 Å². The Bertz CT molecular complexity index is 295. The maximum absolute atomic E-state index is 4.27. The third-order valence-corrected chi connectivity index (χ3v) is 2.13. The highest BCUT2D eigenvalue weighted by Gasteiger charge is 2.09. The highest BCUT2D eigenvalue weighted by atomic mass is 15.1. The molecule has 2 N–H and O–H groups in total. The quantitative estimate of drug-likeness (QED) is 0.695. The molecule has 0 aromatic heterocycles. The van der Waals surface area contributed by atoms with Gasteiger partial charge in [0.25, 0.3) is 0 Å². The Hall–Kier alpha value is -1.25. The normalized spacial score (nSPS) is 14.8. The van der Waals surface area contributed by atoms with Crippen LogP contribution >= 0.6 is 0 Å². The van der Waals surface area contributed by atoms with E-state index in [0.717, 1.165) is 17.9 Å². The van der Waals surface area contributed by atoms with E-state index in [4.69, 9.17) is 0 Å². The van der Waals surface area contributed by atoms with Crippen molar-refractivity contribution >= 4 is 6.21 Å². The van der Waals surface area contributed by atoms with Crippen LogP contribution in [0, 0.1) is 5.92 Å². The highest BCUT2D eigenvalue weighted by molar-refractivity contribution is 5.60. The Morgan fingerprint density at radius 2 is 2.00 bits per heavy atom. The monoisotopic (exact) mass is 237 g/mol. The van der Waals surface area contributed by atoms with Crippen molar-refractivity contribution in [2.24, 2.45) is 10.9 Å². The number of hydrogen-bond donors (Lipinski definition) is 2. The summed E-state index contributed by atoms with van der Waals surface area (Å²) in [7, 11) is 0. The van der Waals surface area contributed by atoms with E-state index < -0.39 is 0 Å². The van der Waals surface area contributed by atoms with Gasteiger partial charge in [-0.3, -0.25) is 4.99 Å². The fraction of sp³-hybridized carbons (Fsp3) is 0.643. The topological polar surface area (TPSA) is 36.4 Å². The molecule has 0 saturated heterocycles. The van der Waals surface area contributed by atoms with Crippen LogP contribution in [0.4, 0.5) is 0 Å². The van der Waals surface area contributed by atoms with Crippen molar-refractivity contribution in [1.82, 2.24) is 10.6 Å². The molecule has 1 unspecified atom stereocenters. The molecule has 0 aromatic carbocycles. The van der Waals surface area contributed by atoms with Gasteiger partial charge >= 0.3 is 0 Å². The molecule has 17 heavy (non-hydrogen) atoms. The van der Waals surface area contributed by atoms with Crippen molar-refractivity contribution in [2.45, 2.75) is 53.5 Å². The largest absolute Gasteiger partial charge is 0.368 e. The van der Waals surface area contributed by atoms with Crippen LogP contribution in [-0.2, 0) is 0 Å². The molecule has 0 rings (SSSR count). The van der Waals surface area contributed by atoms with Gasteiger partial charge in [-0.15, -0.1) is 0 Å². The van der Waals surface area contributed by atoms with Gasteiger partial charge in [-0.05, 0) is 40.0 Å². The lowest BCUT2D eigenvalue weighted by atomic mass is 10.1. The van der Waals surface area contributed by atoms with Crippen molar-refractivity contribution < 1.29 is 0 Å². The smallest absolute Gasteiger partial charge is 0.0959 e. The second-order valence-corrected chi connectivity index (χ2v) is 5.47. The first kappa shape index (κ1) is 15.8. The average Bonchev–Trinajstić information content (AvgIpc) is 2.13. The molecule has 0 radical (unpaired) electrons. The number of rotatable bonds is 6. The van der Waals surface area contributed by atoms with Crippen LogP contribution in [0.5, 0.6) is 0 Å². The van der Waals surface area contributed by atoms with Gasteiger partial charge in [0.2, 0.25) is 0 Å². The Balaban J connectivity index is 4.17. The SMILES string of the molecule is C=C(N/C(C)=C/N=CC(C)CC)NC(C)(C)C. The summed E-state index contributed by atoms with van der Waals surface area (Å²) in [5.41, 5.74) is 0.996. The summed E-state index contributed by atoms with van der Waals surface area (Å²) >= 11 is 0. The van der Waals surface area contributed by atoms with Gasteiger partial charge in [0.05, 0.1) is 5.82 Å². The lowest BCUT2D eigenvalue weighted by Crippen LogP contribution is -2.39. The predicted octanol–water partition coefficient (Wildman–Crippen LogP) is 3.41. The van der Waals surface area contributed by atoms with Gasteiger partial charge in [-0.2, -0.15) is 0 Å². The molecule has 3 nitrogen and oxygen atoms in total. The van der Waals surface area contributed by atoms with Gasteiger partial charge in [0.1, 0.15) is 0 Å². The highest BCUT2D eigenvalue weighted by Crippen LogP contribution is 2.02. The molecule has 1 atom stereocenters. The van der Waals surface area contributed by atoms with Crippen LogP contribution in [-0.4, -0.2) is 11.8 Å². The summed E-state index contributed by atoms with van der Waals surface area (Å²) in [5, 5.41) is 6.43. The summed E-state index contributed by atoms with van der Waals surface area (Å²) in [6.07, 6.45) is 4.90. The molecular weight excluding hydrogens is 210 g/mol. The van der Waals surface area contributed by atoms with E-state index in [-0.39, 0.29) is 5.54 Å². The molecule has 0 amide bonds. The average molecular weight is 237 g/mol. The van der Waals surface area contributed by atoms with Gasteiger partial charge in [0.15, 0.2) is 0 Å². The summed E-state index contributed by atoms with van der Waals surface area (Å²) in [5.74, 6) is 1.32. The molecule has 0 bridgehead atoms. The third kappa shape index (κ3) is 9.67. The number of allylic oxidation sites excluding steroid dienone is 1. The molecule has 0 aliphatic rings. The third-order valence-electron chi connectivity index (χ3n) is 2.13. The molecule has 0 spiro atoms. The molecule has 0 heterocycles. The van der Waals surface area contributed by atoms with E-state index in [0.29, 0.717) is 5.92 Å². The van der Waals surface area contributed by atoms with Crippen LogP contribution in [0.25, 0.3) is 0 Å². The molecule has 3 heteroatoms. The Morgan fingerprint density at radius 1 is 1.41 bits per heavy atom. The number of hydrogen-bond acceptors (Lipinski definition) is 3. The minimum absolute atomic E-state index is 0.0182. The Kier molecular flexibility index (Phi) is 6.62. The van der Waals surface area contributed by atoms with Crippen molar-refractivity contribution in [2.75, 3.05) is 0 Å². The second-order valence-electron chi connectivity index (χ2n) is 5.47. The van der Waals surface area contributed by atoms with E-state index in [1.807, 2.05) is 19.3 Å². The van der Waals surface area contributed by atoms with Gasteiger partial charge in [0, 0.05) is 23.7 Å². The van der Waals surface area contributed by atoms with Crippen molar-refractivity contribution in [1.29, 1.82) is 0 Å². The van der Waals surface area contributed by atoms with Crippen molar-refractivity contribution in [3.05, 3.63) is 24.3 Å². The maximum atomic E-state index is 4.27. The lowest BCUT2D eigenvalue weighted by Gasteiger charge is -2.24. The molecule has 0 aliphatic carbocycles. The van der Waals surface area contributed by atoms with E-state index >= 15 is 0 Å². The van der Waals surface area contributed by atoms with Crippen molar-refractivity contribution in [3.63, 3.8) is 0 Å². The summed E-state index contributed by atoms with van der Waals surface area (Å²) in [6.45, 7) is 16.5. The number of nitrogens with one attached hydrogen (secondary N) is 2. The lowest BCUT2D eigenvalue weighted by molar-refractivity contribution is 0.460. The van der Waals surface area contributed by atoms with E-state index in [9.17, 15) is 0 Å². The summed E-state index contributed by atoms with van der Waals surface area (Å²) in [6, 6.07) is 0. The molecule has 0 aromatic rings. The fourth-order valence-electron chi connectivity index (χ4n) is 1.16. The zero-order valence-corrected chi connectivity index (χ0v) is 12.1.